The summed E-state index contributed by atoms with van der Waals surface area (Å²) >= 11 is 0. The molecule has 1 atom stereocenters. The minimum atomic E-state index is -0.641. The van der Waals surface area contributed by atoms with Crippen molar-refractivity contribution in [1.82, 2.24) is 4.90 Å². The molecule has 17 heavy (non-hydrogen) atoms. The number of rotatable bonds is 9. The van der Waals surface area contributed by atoms with Crippen LogP contribution in [0.25, 0.3) is 0 Å². The van der Waals surface area contributed by atoms with Gasteiger partial charge in [0.25, 0.3) is 0 Å². The standard InChI is InChI=1S/C13H24N2O2/c1-3-5-6-7-9-15(10-11-16)13(17)12(14)8-4-2/h2,12,16H,3,5-11,14H2,1H3. The van der Waals surface area contributed by atoms with Crippen molar-refractivity contribution in [2.24, 2.45) is 5.73 Å². The molecular weight excluding hydrogens is 216 g/mol. The molecular formula is C13H24N2O2. The summed E-state index contributed by atoms with van der Waals surface area (Å²) in [4.78, 5) is 13.5. The van der Waals surface area contributed by atoms with E-state index in [4.69, 9.17) is 17.3 Å². The SMILES string of the molecule is C#CCC(N)C(=O)N(CCO)CCCCCC. The number of hydrogen-bond donors (Lipinski definition) is 2. The lowest BCUT2D eigenvalue weighted by molar-refractivity contribution is -0.133. The van der Waals surface area contributed by atoms with Crippen LogP contribution in [0.3, 0.4) is 0 Å². The molecule has 0 aliphatic carbocycles. The molecule has 0 bridgehead atoms. The Morgan fingerprint density at radius 2 is 2.12 bits per heavy atom. The molecule has 0 aromatic heterocycles. The lowest BCUT2D eigenvalue weighted by Crippen LogP contribution is -2.45. The number of aliphatic hydroxyl groups is 1. The molecule has 1 unspecified atom stereocenters. The monoisotopic (exact) mass is 240 g/mol. The molecule has 0 aliphatic heterocycles. The molecule has 1 amide bonds. The van der Waals surface area contributed by atoms with Gasteiger partial charge in [-0.2, -0.15) is 0 Å². The Kier molecular flexibility index (Phi) is 9.50. The molecule has 3 N–H and O–H groups in total. The largest absolute Gasteiger partial charge is 0.395 e. The maximum atomic E-state index is 11.9. The van der Waals surface area contributed by atoms with Gasteiger partial charge in [-0.3, -0.25) is 4.79 Å². The Bertz CT molecular complexity index is 248. The predicted octanol–water partition coefficient (Wildman–Crippen LogP) is 0.738. The first-order valence-corrected chi connectivity index (χ1v) is 6.26. The highest BCUT2D eigenvalue weighted by Crippen LogP contribution is 2.03. The molecule has 0 fully saturated rings. The van der Waals surface area contributed by atoms with Crippen LogP contribution in [-0.2, 0) is 4.79 Å². The number of hydrogen-bond acceptors (Lipinski definition) is 3. The van der Waals surface area contributed by atoms with E-state index in [1.807, 2.05) is 0 Å². The van der Waals surface area contributed by atoms with E-state index in [1.54, 1.807) is 4.90 Å². The second-order valence-corrected chi connectivity index (χ2v) is 4.12. The van der Waals surface area contributed by atoms with Gasteiger partial charge < -0.3 is 15.7 Å². The van der Waals surface area contributed by atoms with Crippen LogP contribution in [0, 0.1) is 12.3 Å². The van der Waals surface area contributed by atoms with Gasteiger partial charge in [-0.25, -0.2) is 0 Å². The van der Waals surface area contributed by atoms with Crippen LogP contribution in [0.1, 0.15) is 39.0 Å². The Balaban J connectivity index is 4.11. The van der Waals surface area contributed by atoms with E-state index in [0.29, 0.717) is 13.1 Å². The summed E-state index contributed by atoms with van der Waals surface area (Å²) in [5.74, 6) is 2.23. The Morgan fingerprint density at radius 3 is 2.65 bits per heavy atom. The summed E-state index contributed by atoms with van der Waals surface area (Å²) in [5, 5.41) is 8.92. The Labute approximate surface area is 104 Å². The van der Waals surface area contributed by atoms with Gasteiger partial charge in [-0.15, -0.1) is 12.3 Å². The zero-order valence-corrected chi connectivity index (χ0v) is 10.7. The van der Waals surface area contributed by atoms with Crippen LogP contribution in [0.4, 0.5) is 0 Å². The quantitative estimate of drug-likeness (QED) is 0.461. The number of unbranched alkanes of at least 4 members (excludes halogenated alkanes) is 3. The minimum absolute atomic E-state index is 0.0394. The van der Waals surface area contributed by atoms with Gasteiger partial charge in [0, 0.05) is 19.5 Å². The van der Waals surface area contributed by atoms with Gasteiger partial charge in [0.15, 0.2) is 0 Å². The molecule has 0 heterocycles. The highest BCUT2D eigenvalue weighted by atomic mass is 16.3. The normalized spacial score (nSPS) is 11.9. The molecule has 98 valence electrons. The molecule has 0 aliphatic rings. The number of nitrogens with zero attached hydrogens (tertiary/aromatic N) is 1. The van der Waals surface area contributed by atoms with E-state index in [2.05, 4.69) is 12.8 Å². The number of terminal acetylenes is 1. The zero-order valence-electron chi connectivity index (χ0n) is 10.7. The van der Waals surface area contributed by atoms with Crippen molar-refractivity contribution in [1.29, 1.82) is 0 Å². The molecule has 4 heteroatoms. The molecule has 0 rings (SSSR count). The fourth-order valence-corrected chi connectivity index (χ4v) is 1.63. The van der Waals surface area contributed by atoms with E-state index in [9.17, 15) is 4.79 Å². The van der Waals surface area contributed by atoms with Crippen molar-refractivity contribution in [3.05, 3.63) is 0 Å². The van der Waals surface area contributed by atoms with Gasteiger partial charge in [-0.1, -0.05) is 26.2 Å². The molecule has 0 aromatic rings. The molecule has 0 saturated heterocycles. The second kappa shape index (κ2) is 10.1. The number of nitrogens with two attached hydrogens (primary N) is 1. The molecule has 0 spiro atoms. The van der Waals surface area contributed by atoms with Gasteiger partial charge >= 0.3 is 0 Å². The Morgan fingerprint density at radius 1 is 1.41 bits per heavy atom. The first kappa shape index (κ1) is 16.0. The fraction of sp³-hybridized carbons (Fsp3) is 0.769. The number of carbonyl (C=O) groups excluding carboxylic acids is 1. The van der Waals surface area contributed by atoms with Gasteiger partial charge in [-0.05, 0) is 6.42 Å². The van der Waals surface area contributed by atoms with Crippen molar-refractivity contribution in [2.75, 3.05) is 19.7 Å². The summed E-state index contributed by atoms with van der Waals surface area (Å²) in [5.41, 5.74) is 5.67. The average molecular weight is 240 g/mol. The third-order valence-corrected chi connectivity index (χ3v) is 2.62. The van der Waals surface area contributed by atoms with Crippen LogP contribution in [0.5, 0.6) is 0 Å². The van der Waals surface area contributed by atoms with Crippen molar-refractivity contribution < 1.29 is 9.90 Å². The smallest absolute Gasteiger partial charge is 0.240 e. The first-order chi connectivity index (χ1) is 8.17. The topological polar surface area (TPSA) is 66.6 Å². The maximum Gasteiger partial charge on any atom is 0.240 e. The maximum absolute atomic E-state index is 11.9. The summed E-state index contributed by atoms with van der Waals surface area (Å²) in [6.07, 6.45) is 9.74. The third-order valence-electron chi connectivity index (χ3n) is 2.62. The number of amides is 1. The lowest BCUT2D eigenvalue weighted by Gasteiger charge is -2.24. The van der Waals surface area contributed by atoms with Crippen LogP contribution in [0.15, 0.2) is 0 Å². The van der Waals surface area contributed by atoms with Crippen LogP contribution >= 0.6 is 0 Å². The summed E-state index contributed by atoms with van der Waals surface area (Å²) in [6, 6.07) is -0.641. The van der Waals surface area contributed by atoms with Crippen molar-refractivity contribution in [3.8, 4) is 12.3 Å². The predicted molar refractivity (Wildman–Crippen MR) is 69.2 cm³/mol. The van der Waals surface area contributed by atoms with Gasteiger partial charge in [0.05, 0.1) is 12.6 Å². The first-order valence-electron chi connectivity index (χ1n) is 6.26. The van der Waals surface area contributed by atoms with Crippen LogP contribution in [-0.4, -0.2) is 41.7 Å². The molecule has 4 nitrogen and oxygen atoms in total. The third kappa shape index (κ3) is 6.98. The van der Waals surface area contributed by atoms with E-state index in [-0.39, 0.29) is 18.9 Å². The molecule has 0 radical (unpaired) electrons. The van der Waals surface area contributed by atoms with Gasteiger partial charge in [0.2, 0.25) is 5.91 Å². The molecule has 0 saturated carbocycles. The summed E-state index contributed by atoms with van der Waals surface area (Å²) in [7, 11) is 0. The lowest BCUT2D eigenvalue weighted by atomic mass is 10.1. The van der Waals surface area contributed by atoms with Crippen LogP contribution in [0.2, 0.25) is 0 Å². The van der Waals surface area contributed by atoms with E-state index in [0.717, 1.165) is 25.7 Å². The van der Waals surface area contributed by atoms with Gasteiger partial charge in [0.1, 0.15) is 0 Å². The van der Waals surface area contributed by atoms with E-state index < -0.39 is 6.04 Å². The molecule has 0 aromatic carbocycles. The second-order valence-electron chi connectivity index (χ2n) is 4.12. The van der Waals surface area contributed by atoms with Crippen molar-refractivity contribution in [3.63, 3.8) is 0 Å². The summed E-state index contributed by atoms with van der Waals surface area (Å²) in [6.45, 7) is 3.09. The van der Waals surface area contributed by atoms with E-state index in [1.165, 1.54) is 0 Å². The highest BCUT2D eigenvalue weighted by molar-refractivity contribution is 5.81. The van der Waals surface area contributed by atoms with Crippen molar-refractivity contribution >= 4 is 5.91 Å². The average Bonchev–Trinajstić information content (AvgIpc) is 2.32. The van der Waals surface area contributed by atoms with Crippen LogP contribution < -0.4 is 5.73 Å². The number of aliphatic hydroxyl groups excluding tert-OH is 1. The van der Waals surface area contributed by atoms with E-state index >= 15 is 0 Å². The fourth-order valence-electron chi connectivity index (χ4n) is 1.63. The highest BCUT2D eigenvalue weighted by Gasteiger charge is 2.19. The Hall–Kier alpha value is -1.05. The van der Waals surface area contributed by atoms with Crippen molar-refractivity contribution in [2.45, 2.75) is 45.1 Å². The zero-order chi connectivity index (χ0) is 13.1. The number of carbonyl (C=O) groups is 1. The summed E-state index contributed by atoms with van der Waals surface area (Å²) < 4.78 is 0. The minimum Gasteiger partial charge on any atom is -0.395 e.